The largest absolute Gasteiger partial charge is 0.508 e. The number of phenols is 2. The number of hydrogen-bond donors (Lipinski definition) is 34. The molecule has 15 amide bonds. The summed E-state index contributed by atoms with van der Waals surface area (Å²) >= 11 is 0. The molecule has 750 valence electrons. The number of phenolic OH excluding ortho intramolecular Hbond substituents is 2. The highest BCUT2D eigenvalue weighted by Crippen LogP contribution is 2.26. The van der Waals surface area contributed by atoms with Crippen LogP contribution < -0.4 is 142 Å². The summed E-state index contributed by atoms with van der Waals surface area (Å²) in [5.41, 5.74) is 46.1. The van der Waals surface area contributed by atoms with Gasteiger partial charge in [0.05, 0.1) is 0 Å². The molecule has 13 atom stereocenters. The van der Waals surface area contributed by atoms with Crippen molar-refractivity contribution in [3.63, 3.8) is 0 Å². The van der Waals surface area contributed by atoms with E-state index in [1.807, 2.05) is 0 Å². The second-order valence-electron chi connectivity index (χ2n) is 32.3. The maximum absolute atomic E-state index is 15.8. The average molecular weight is 1940 g/mol. The first-order chi connectivity index (χ1) is 64.9. The van der Waals surface area contributed by atoms with E-state index in [0.29, 0.717) is 18.4 Å². The molecule has 2 fully saturated rings. The van der Waals surface area contributed by atoms with Crippen LogP contribution >= 0.6 is 21.6 Å². The molecule has 42 N–H and O–H groups in total. The van der Waals surface area contributed by atoms with Crippen molar-refractivity contribution in [3.05, 3.63) is 95.6 Å². The molecule has 2 heterocycles. The quantitative estimate of drug-likeness (QED) is 0.0108. The first kappa shape index (κ1) is 113. The number of primary amides is 1. The predicted molar refractivity (Wildman–Crippen MR) is 508 cm³/mol. The minimum Gasteiger partial charge on any atom is -0.508 e. The first-order valence-corrected chi connectivity index (χ1v) is 47.2. The number of amides is 15. The van der Waals surface area contributed by atoms with E-state index >= 15 is 47.9 Å². The van der Waals surface area contributed by atoms with Gasteiger partial charge >= 0.3 is 12.0 Å². The normalized spacial score (nSPS) is 20.4. The molecule has 5 rings (SSSR count). The van der Waals surface area contributed by atoms with Gasteiger partial charge in [0.25, 0.3) is 5.91 Å². The fourth-order valence-electron chi connectivity index (χ4n) is 14.4. The molecule has 0 aliphatic carbocycles. The molecule has 50 nitrogen and oxygen atoms in total. The van der Waals surface area contributed by atoms with Gasteiger partial charge in [0.1, 0.15) is 90.0 Å². The first-order valence-electron chi connectivity index (χ1n) is 44.7. The molecular formula is C84H134N32O18S2. The lowest BCUT2D eigenvalue weighted by atomic mass is 10.0. The van der Waals surface area contributed by atoms with Gasteiger partial charge in [-0.2, -0.15) is 0 Å². The highest BCUT2D eigenvalue weighted by molar-refractivity contribution is 8.76. The third-order valence-electron chi connectivity index (χ3n) is 21.5. The number of rotatable bonds is 45. The number of aromatic hydroxyl groups is 2. The summed E-state index contributed by atoms with van der Waals surface area (Å²) in [4.78, 5) is 224. The Morgan fingerprint density at radius 1 is 0.412 bits per heavy atom. The summed E-state index contributed by atoms with van der Waals surface area (Å²) in [5, 5.41) is 118. The van der Waals surface area contributed by atoms with E-state index in [1.54, 1.807) is 18.2 Å². The Morgan fingerprint density at radius 2 is 0.787 bits per heavy atom. The monoisotopic (exact) mass is 1940 g/mol. The Morgan fingerprint density at radius 3 is 1.22 bits per heavy atom. The molecule has 3 aromatic carbocycles. The zero-order chi connectivity index (χ0) is 100. The number of nitrogens with two attached hydrogens (primary N) is 8. The van der Waals surface area contributed by atoms with Crippen LogP contribution in [0.25, 0.3) is 0 Å². The van der Waals surface area contributed by atoms with Gasteiger partial charge < -0.3 is 162 Å². The van der Waals surface area contributed by atoms with E-state index in [9.17, 15) is 39.3 Å². The zero-order valence-electron chi connectivity index (χ0n) is 75.7. The third-order valence-corrected chi connectivity index (χ3v) is 23.9. The number of carboxylic acid groups (broad SMARTS) is 1. The lowest BCUT2D eigenvalue weighted by Crippen LogP contribution is -2.61. The summed E-state index contributed by atoms with van der Waals surface area (Å²) in [6.07, 6.45) is -1.50. The zero-order valence-corrected chi connectivity index (χ0v) is 77.3. The van der Waals surface area contributed by atoms with Crippen LogP contribution in [-0.2, 0) is 75.2 Å². The Hall–Kier alpha value is -13.9. The lowest BCUT2D eigenvalue weighted by Gasteiger charge is -2.31. The second kappa shape index (κ2) is 61.1. The van der Waals surface area contributed by atoms with E-state index in [1.165, 1.54) is 65.6 Å². The standard InChI is InChI=1S/C84H134N32O18S2/c85-34-6-4-17-52-69(123)110-58(18-5-7-35-86)77(131)116-42-14-25-64(116)76(130)113-61(44-48-28-32-51(118)33-29-48)73(127)109-55(21-10-38-100-81(91)92)68(122)107-57(23-12-41-103-84(97)134)71(125)114-62(74(128)111-59(78(132)133)24-13-40-102-83(95)96)45-135-136-46-63(75(129)112-60(43-47-26-30-50(117)31-27-47)72(126)108-54(67(121)105-52)20-9-37-99-80(89)90)115-70(124)56(22-11-39-101-82(93)94)106-66(120)53(19-8-36-98-79(87)88)104-65(119)49-15-2-1-3-16-49/h1-3,15-16,26-33,52-64,117-118H,4-14,17-25,34-46,85-86H2,(H,104,119)(H,105,121)(H,106,120)(H,107,122)(H,108,126)(H,109,127)(H,110,123)(H,111,128)(H,112,129)(H,113,130)(H,114,125)(H,115,124)(H,132,133)(H4,87,88,98)(H4,89,90,99)(H4,91,92,100)(H4,93,94,101)(H4,95,96,102)(H3,97,103,134)/t52-,53-,54-,55-,56-,57-,58+,59-,60-,61-,62-,63-,64-/m0/s1. The summed E-state index contributed by atoms with van der Waals surface area (Å²) in [7, 11) is 1.45. The number of carbonyl (C=O) groups is 15. The molecular weight excluding hydrogens is 1810 g/mol. The number of carboxylic acids is 1. The van der Waals surface area contributed by atoms with Gasteiger partial charge in [-0.15, -0.1) is 0 Å². The fraction of sp³-hybridized carbons (Fsp3) is 0.548. The van der Waals surface area contributed by atoms with Gasteiger partial charge in [-0.05, 0) is 189 Å². The minimum atomic E-state index is -1.89. The fourth-order valence-corrected chi connectivity index (χ4v) is 16.7. The van der Waals surface area contributed by atoms with Crippen LogP contribution in [0.4, 0.5) is 4.79 Å². The second-order valence-corrected chi connectivity index (χ2v) is 34.9. The Labute approximate surface area is 794 Å². The minimum absolute atomic E-state index is 0.0146. The molecule has 52 heteroatoms. The average Bonchev–Trinajstić information content (AvgIpc) is 1.53. The molecule has 0 spiro atoms. The van der Waals surface area contributed by atoms with E-state index in [4.69, 9.17) is 72.9 Å². The van der Waals surface area contributed by atoms with Gasteiger partial charge in [0, 0.05) is 75.7 Å². The smallest absolute Gasteiger partial charge is 0.326 e. The molecule has 0 saturated carbocycles. The molecule has 0 bridgehead atoms. The van der Waals surface area contributed by atoms with E-state index in [-0.39, 0.29) is 197 Å². The predicted octanol–water partition coefficient (Wildman–Crippen LogP) is -6.49. The van der Waals surface area contributed by atoms with Crippen LogP contribution in [0.2, 0.25) is 0 Å². The maximum atomic E-state index is 15.8. The highest BCUT2D eigenvalue weighted by atomic mass is 33.1. The van der Waals surface area contributed by atoms with Crippen LogP contribution in [0.5, 0.6) is 11.5 Å². The topological polar surface area (TPSA) is 864 Å². The van der Waals surface area contributed by atoms with E-state index in [2.05, 4.69) is 95.7 Å². The Bertz CT molecular complexity index is 4510. The van der Waals surface area contributed by atoms with Crippen molar-refractivity contribution in [2.24, 2.45) is 45.9 Å². The Balaban J connectivity index is 1.82. The van der Waals surface area contributed by atoms with Crippen LogP contribution in [0, 0.1) is 27.0 Å². The van der Waals surface area contributed by atoms with Crippen molar-refractivity contribution in [2.45, 2.75) is 220 Å². The third kappa shape index (κ3) is 43.0. The number of hydrogen-bond acceptors (Lipinski definition) is 26. The van der Waals surface area contributed by atoms with Gasteiger partial charge in [0.15, 0.2) is 29.8 Å². The SMILES string of the molecule is N=C(N)NCCC[C@H](NC(=O)[C@@H]1CSSC[C@H](NC(=O)[C@H](CCCNC(=N)N)NC(=O)[C@H](CCCNC(=N)N)NC(=O)c2ccccc2)C(=O)N[C@@H](Cc2ccc(O)cc2)C(=O)N[C@@H](CCCNC(=N)N)C(=O)N[C@@H](CCCCN)C(=O)N[C@H](CCCCN)C(=O)N2CCC[C@H]2C(=O)N[C@@H](Cc2ccc(O)cc2)C(=O)N[C@@H](CCCNC(=N)N)C(=O)N[C@@H](CCCNC(N)=O)C(=O)N1)C(=O)O. The molecule has 2 aliphatic heterocycles. The van der Waals surface area contributed by atoms with Crippen LogP contribution in [0.15, 0.2) is 78.9 Å². The van der Waals surface area contributed by atoms with Gasteiger partial charge in [0.2, 0.25) is 70.9 Å². The number of unbranched alkanes of at least 4 members (excludes halogenated alkanes) is 2. The van der Waals surface area contributed by atoms with Gasteiger partial charge in [-0.1, -0.05) is 64.1 Å². The molecule has 0 radical (unpaired) electrons. The number of carbonyl (C=O) groups excluding carboxylic acids is 14. The summed E-state index contributed by atoms with van der Waals surface area (Å²) in [6, 6.07) is -3.62. The number of nitrogens with one attached hydrogen (secondary N) is 23. The number of nitrogens with zero attached hydrogens (tertiary/aromatic N) is 1. The molecule has 2 aliphatic rings. The molecule has 0 unspecified atom stereocenters. The number of benzene rings is 3. The van der Waals surface area contributed by atoms with Gasteiger partial charge in [-0.3, -0.25) is 89.4 Å². The lowest BCUT2D eigenvalue weighted by molar-refractivity contribution is -0.142. The molecule has 0 aromatic heterocycles. The van der Waals surface area contributed by atoms with Crippen molar-refractivity contribution in [2.75, 3.05) is 70.4 Å². The summed E-state index contributed by atoms with van der Waals surface area (Å²) in [6.45, 7) is -0.220. The highest BCUT2D eigenvalue weighted by Gasteiger charge is 2.42. The van der Waals surface area contributed by atoms with Crippen molar-refractivity contribution >= 4 is 140 Å². The number of guanidine groups is 5. The van der Waals surface area contributed by atoms with E-state index < -0.39 is 221 Å². The van der Waals surface area contributed by atoms with Crippen molar-refractivity contribution in [1.82, 2.24) is 101 Å². The van der Waals surface area contributed by atoms with Crippen LogP contribution in [-0.4, -0.2) is 288 Å². The summed E-state index contributed by atoms with van der Waals surface area (Å²) < 4.78 is 0. The molecule has 136 heavy (non-hydrogen) atoms. The maximum Gasteiger partial charge on any atom is 0.326 e. The van der Waals surface area contributed by atoms with E-state index in [0.717, 1.165) is 21.6 Å². The van der Waals surface area contributed by atoms with Crippen LogP contribution in [0.1, 0.15) is 150 Å². The number of fused-ring (bicyclic) bond motifs is 1. The molecule has 2 saturated heterocycles. The van der Waals surface area contributed by atoms with Crippen LogP contribution in [0.3, 0.4) is 0 Å². The Kier molecular flexibility index (Phi) is 50.6. The van der Waals surface area contributed by atoms with Gasteiger partial charge in [-0.25, -0.2) is 9.59 Å². The number of urea groups is 1. The summed E-state index contributed by atoms with van der Waals surface area (Å²) in [5.74, 6) is -18.4. The molecule has 3 aromatic rings. The van der Waals surface area contributed by atoms with Crippen molar-refractivity contribution in [1.29, 1.82) is 27.0 Å². The van der Waals surface area contributed by atoms with Crippen molar-refractivity contribution < 1.29 is 87.2 Å². The van der Waals surface area contributed by atoms with Crippen molar-refractivity contribution in [3.8, 4) is 11.5 Å². The number of aliphatic carboxylic acids is 1.